The number of hydrogen-bond donors (Lipinski definition) is 0. The number of ether oxygens (including phenoxy) is 1. The number of nitriles is 1. The molecule has 6 heteroatoms. The maximum Gasteiger partial charge on any atom is 0.235 e. The molecule has 0 unspecified atom stereocenters. The summed E-state index contributed by atoms with van der Waals surface area (Å²) in [6.07, 6.45) is 9.53. The van der Waals surface area contributed by atoms with Gasteiger partial charge in [0.05, 0.1) is 24.7 Å². The van der Waals surface area contributed by atoms with Crippen LogP contribution in [0.4, 0.5) is 5.69 Å². The molecule has 0 aromatic carbocycles. The number of rotatable bonds is 6. The van der Waals surface area contributed by atoms with Gasteiger partial charge in [-0.1, -0.05) is 0 Å². The molecule has 1 saturated heterocycles. The van der Waals surface area contributed by atoms with Crippen molar-refractivity contribution >= 4 is 5.69 Å². The van der Waals surface area contributed by atoms with E-state index in [1.54, 1.807) is 6.20 Å². The summed E-state index contributed by atoms with van der Waals surface area (Å²) in [5.41, 5.74) is 2.85. The fourth-order valence-electron chi connectivity index (χ4n) is 3.71. The first-order chi connectivity index (χ1) is 13.3. The van der Waals surface area contributed by atoms with Gasteiger partial charge < -0.3 is 9.64 Å². The van der Waals surface area contributed by atoms with Gasteiger partial charge in [-0.25, -0.2) is 4.98 Å². The van der Waals surface area contributed by atoms with Crippen LogP contribution in [0.15, 0.2) is 24.5 Å². The minimum absolute atomic E-state index is 0.425. The van der Waals surface area contributed by atoms with E-state index in [1.165, 1.54) is 24.2 Å². The molecule has 2 aliphatic carbocycles. The molecule has 3 aliphatic rings. The highest BCUT2D eigenvalue weighted by Crippen LogP contribution is 2.40. The lowest BCUT2D eigenvalue weighted by Crippen LogP contribution is -2.22. The highest BCUT2D eigenvalue weighted by atomic mass is 16.5. The molecule has 27 heavy (non-hydrogen) atoms. The first kappa shape index (κ1) is 16.5. The van der Waals surface area contributed by atoms with Crippen molar-refractivity contribution in [2.75, 3.05) is 24.6 Å². The van der Waals surface area contributed by atoms with Gasteiger partial charge in [-0.2, -0.15) is 10.2 Å². The predicted molar refractivity (Wildman–Crippen MR) is 101 cm³/mol. The highest BCUT2D eigenvalue weighted by Gasteiger charge is 2.29. The van der Waals surface area contributed by atoms with E-state index in [0.29, 0.717) is 35.8 Å². The Labute approximate surface area is 159 Å². The average Bonchev–Trinajstić information content (AvgIpc) is 3.64. The zero-order valence-corrected chi connectivity index (χ0v) is 15.3. The van der Waals surface area contributed by atoms with Crippen LogP contribution in [-0.4, -0.2) is 34.6 Å². The number of hydrogen-bond acceptors (Lipinski definition) is 6. The van der Waals surface area contributed by atoms with Crippen molar-refractivity contribution < 1.29 is 4.74 Å². The Balaban J connectivity index is 1.20. The number of nitrogens with zero attached hydrogens (tertiary/aromatic N) is 5. The molecule has 0 spiro atoms. The summed E-state index contributed by atoms with van der Waals surface area (Å²) in [5.74, 6) is 2.84. The Morgan fingerprint density at radius 1 is 1.07 bits per heavy atom. The molecule has 0 amide bonds. The molecule has 2 aromatic rings. The molecule has 0 radical (unpaired) electrons. The van der Waals surface area contributed by atoms with E-state index in [2.05, 4.69) is 38.1 Å². The van der Waals surface area contributed by atoms with Crippen LogP contribution in [0, 0.1) is 17.2 Å². The van der Waals surface area contributed by atoms with E-state index in [-0.39, 0.29) is 0 Å². The van der Waals surface area contributed by atoms with Crippen LogP contribution in [0.2, 0.25) is 0 Å². The van der Waals surface area contributed by atoms with E-state index in [4.69, 9.17) is 4.74 Å². The third-order valence-corrected chi connectivity index (χ3v) is 5.71. The summed E-state index contributed by atoms with van der Waals surface area (Å²) >= 11 is 0. The second-order valence-corrected chi connectivity index (χ2v) is 7.96. The molecule has 138 valence electrons. The molecule has 1 aliphatic heterocycles. The molecule has 5 rings (SSSR count). The first-order valence-corrected chi connectivity index (χ1v) is 9.91. The summed E-state index contributed by atoms with van der Waals surface area (Å²) in [4.78, 5) is 15.8. The fourth-order valence-corrected chi connectivity index (χ4v) is 3.71. The van der Waals surface area contributed by atoms with Gasteiger partial charge in [-0.3, -0.25) is 4.98 Å². The summed E-state index contributed by atoms with van der Waals surface area (Å²) in [6.45, 7) is 2.55. The standard InChI is InChI=1S/C21H23N5O/c22-9-17-10-24-20(16-3-4-16)25-21(17)27-13-14-7-8-26(12-14)18-5-6-19(23-11-18)15-1-2-15/h5-6,10-11,14-16H,1-4,7-8,12-13H2/t14-/m0/s1. The second kappa shape index (κ2) is 6.80. The molecule has 1 atom stereocenters. The van der Waals surface area contributed by atoms with Crippen molar-refractivity contribution in [1.82, 2.24) is 15.0 Å². The van der Waals surface area contributed by atoms with Gasteiger partial charge in [-0.15, -0.1) is 0 Å². The smallest absolute Gasteiger partial charge is 0.235 e. The lowest BCUT2D eigenvalue weighted by molar-refractivity contribution is 0.250. The zero-order chi connectivity index (χ0) is 18.2. The largest absolute Gasteiger partial charge is 0.476 e. The van der Waals surface area contributed by atoms with Gasteiger partial charge in [0.15, 0.2) is 0 Å². The third kappa shape index (κ3) is 3.59. The van der Waals surface area contributed by atoms with Crippen LogP contribution < -0.4 is 9.64 Å². The third-order valence-electron chi connectivity index (χ3n) is 5.71. The van der Waals surface area contributed by atoms with Crippen LogP contribution in [0.5, 0.6) is 5.88 Å². The van der Waals surface area contributed by atoms with Gasteiger partial charge in [0.1, 0.15) is 17.5 Å². The van der Waals surface area contributed by atoms with Gasteiger partial charge >= 0.3 is 0 Å². The summed E-state index contributed by atoms with van der Waals surface area (Å²) in [6, 6.07) is 6.52. The molecule has 2 aromatic heterocycles. The van der Waals surface area contributed by atoms with Crippen molar-refractivity contribution in [3.05, 3.63) is 41.6 Å². The Kier molecular flexibility index (Phi) is 4.16. The average molecular weight is 361 g/mol. The second-order valence-electron chi connectivity index (χ2n) is 7.96. The summed E-state index contributed by atoms with van der Waals surface area (Å²) in [7, 11) is 0. The van der Waals surface area contributed by atoms with Crippen LogP contribution in [0.3, 0.4) is 0 Å². The molecular weight excluding hydrogens is 338 g/mol. The van der Waals surface area contributed by atoms with Crippen molar-refractivity contribution in [2.45, 2.75) is 43.9 Å². The molecule has 3 heterocycles. The lowest BCUT2D eigenvalue weighted by atomic mass is 10.1. The minimum Gasteiger partial charge on any atom is -0.476 e. The minimum atomic E-state index is 0.425. The lowest BCUT2D eigenvalue weighted by Gasteiger charge is -2.19. The summed E-state index contributed by atoms with van der Waals surface area (Å²) < 4.78 is 5.96. The molecule has 2 saturated carbocycles. The number of aromatic nitrogens is 3. The summed E-state index contributed by atoms with van der Waals surface area (Å²) in [5, 5.41) is 9.29. The SMILES string of the molecule is N#Cc1cnc(C2CC2)nc1OC[C@H]1CCN(c2ccc(C3CC3)nc2)C1. The fraction of sp³-hybridized carbons (Fsp3) is 0.524. The number of pyridine rings is 1. The molecule has 0 N–H and O–H groups in total. The first-order valence-electron chi connectivity index (χ1n) is 9.91. The maximum atomic E-state index is 9.29. The molecule has 3 fully saturated rings. The molecule has 6 nitrogen and oxygen atoms in total. The van der Waals surface area contributed by atoms with E-state index in [1.807, 2.05) is 6.20 Å². The zero-order valence-electron chi connectivity index (χ0n) is 15.3. The normalized spacial score (nSPS) is 21.9. The Bertz CT molecular complexity index is 867. The van der Waals surface area contributed by atoms with E-state index < -0.39 is 0 Å². The van der Waals surface area contributed by atoms with Gasteiger partial charge in [0.25, 0.3) is 0 Å². The van der Waals surface area contributed by atoms with Gasteiger partial charge in [-0.05, 0) is 44.2 Å². The van der Waals surface area contributed by atoms with Crippen LogP contribution >= 0.6 is 0 Å². The maximum absolute atomic E-state index is 9.29. The molecular formula is C21H23N5O. The number of anilines is 1. The quantitative estimate of drug-likeness (QED) is 0.785. The predicted octanol–water partition coefficient (Wildman–Crippen LogP) is 3.40. The van der Waals surface area contributed by atoms with Crippen molar-refractivity contribution in [3.8, 4) is 11.9 Å². The van der Waals surface area contributed by atoms with E-state index >= 15 is 0 Å². The Hall–Kier alpha value is -2.68. The topological polar surface area (TPSA) is 74.9 Å². The van der Waals surface area contributed by atoms with Gasteiger partial charge in [0.2, 0.25) is 5.88 Å². The Morgan fingerprint density at radius 2 is 1.93 bits per heavy atom. The van der Waals surface area contributed by atoms with Crippen molar-refractivity contribution in [1.29, 1.82) is 5.26 Å². The van der Waals surface area contributed by atoms with Crippen LogP contribution in [0.1, 0.15) is 61.0 Å². The monoisotopic (exact) mass is 361 g/mol. The van der Waals surface area contributed by atoms with E-state index in [0.717, 1.165) is 38.2 Å². The Morgan fingerprint density at radius 3 is 2.63 bits per heavy atom. The van der Waals surface area contributed by atoms with Crippen LogP contribution in [0.25, 0.3) is 0 Å². The van der Waals surface area contributed by atoms with Gasteiger partial charge in [0, 0.05) is 36.5 Å². The van der Waals surface area contributed by atoms with Crippen molar-refractivity contribution in [3.63, 3.8) is 0 Å². The van der Waals surface area contributed by atoms with E-state index in [9.17, 15) is 5.26 Å². The highest BCUT2D eigenvalue weighted by molar-refractivity contribution is 5.46. The van der Waals surface area contributed by atoms with Crippen LogP contribution in [-0.2, 0) is 0 Å². The van der Waals surface area contributed by atoms with Crippen molar-refractivity contribution in [2.24, 2.45) is 5.92 Å². The molecule has 0 bridgehead atoms.